The van der Waals surface area contributed by atoms with Gasteiger partial charge in [0.25, 0.3) is 0 Å². The third-order valence-corrected chi connectivity index (χ3v) is 6.77. The second-order valence-electron chi connectivity index (χ2n) is 7.71. The highest BCUT2D eigenvalue weighted by Gasteiger charge is 2.43. The number of hydrogen-bond acceptors (Lipinski definition) is 4. The van der Waals surface area contributed by atoms with E-state index in [2.05, 4.69) is 10.1 Å². The number of aromatic nitrogens is 3. The molecular formula is C21H21F3N4O2S. The van der Waals surface area contributed by atoms with Crippen LogP contribution in [0.15, 0.2) is 54.9 Å². The maximum absolute atomic E-state index is 13.7. The van der Waals surface area contributed by atoms with Crippen molar-refractivity contribution in [3.05, 3.63) is 71.7 Å². The second-order valence-corrected chi connectivity index (χ2v) is 9.69. The second kappa shape index (κ2) is 7.76. The van der Waals surface area contributed by atoms with E-state index < -0.39 is 33.7 Å². The molecule has 1 fully saturated rings. The molecule has 2 aromatic heterocycles. The van der Waals surface area contributed by atoms with Gasteiger partial charge >= 0.3 is 6.18 Å². The first kappa shape index (κ1) is 21.5. The molecule has 164 valence electrons. The van der Waals surface area contributed by atoms with Crippen molar-refractivity contribution in [2.75, 3.05) is 19.3 Å². The Morgan fingerprint density at radius 2 is 1.84 bits per heavy atom. The summed E-state index contributed by atoms with van der Waals surface area (Å²) in [4.78, 5) is 4.16. The van der Waals surface area contributed by atoms with Crippen molar-refractivity contribution in [3.63, 3.8) is 0 Å². The lowest BCUT2D eigenvalue weighted by Crippen LogP contribution is -2.28. The Kier molecular flexibility index (Phi) is 5.38. The summed E-state index contributed by atoms with van der Waals surface area (Å²) in [6.45, 7) is 1.86. The molecule has 1 saturated heterocycles. The van der Waals surface area contributed by atoms with Crippen LogP contribution in [0.4, 0.5) is 13.2 Å². The molecule has 0 radical (unpaired) electrons. The van der Waals surface area contributed by atoms with Crippen LogP contribution in [0.3, 0.4) is 0 Å². The van der Waals surface area contributed by atoms with E-state index in [-0.39, 0.29) is 18.7 Å². The first-order chi connectivity index (χ1) is 14.5. The summed E-state index contributed by atoms with van der Waals surface area (Å²) in [5.74, 6) is -0.695. The van der Waals surface area contributed by atoms with Crippen LogP contribution >= 0.6 is 0 Å². The Hall–Kier alpha value is -2.72. The van der Waals surface area contributed by atoms with Gasteiger partial charge in [-0.05, 0) is 36.8 Å². The molecule has 1 aromatic carbocycles. The zero-order chi connectivity index (χ0) is 22.4. The molecule has 3 aromatic rings. The molecule has 6 nitrogen and oxygen atoms in total. The van der Waals surface area contributed by atoms with Gasteiger partial charge in [-0.1, -0.05) is 18.2 Å². The molecule has 10 heteroatoms. The number of sulfonamides is 1. The van der Waals surface area contributed by atoms with Gasteiger partial charge in [-0.15, -0.1) is 0 Å². The number of pyridine rings is 1. The van der Waals surface area contributed by atoms with Crippen LogP contribution in [-0.4, -0.2) is 46.8 Å². The standard InChI is InChI=1S/C21H21F3N4O2S/c1-14-11-15(7-9-25-14)19-8-10-28(26-19)20-13-27(31(2,29)30)12-17(20)16-5-3-4-6-18(16)21(22,23)24/h3-11,17,20H,12-13H2,1-2H3/t17-,20+/m1/s1. The Morgan fingerprint density at radius 3 is 2.52 bits per heavy atom. The summed E-state index contributed by atoms with van der Waals surface area (Å²) in [5, 5.41) is 4.57. The monoisotopic (exact) mass is 450 g/mol. The van der Waals surface area contributed by atoms with Crippen LogP contribution < -0.4 is 0 Å². The van der Waals surface area contributed by atoms with E-state index >= 15 is 0 Å². The first-order valence-electron chi connectivity index (χ1n) is 9.63. The van der Waals surface area contributed by atoms with Crippen molar-refractivity contribution in [1.29, 1.82) is 0 Å². The van der Waals surface area contributed by atoms with Crippen LogP contribution in [0.2, 0.25) is 0 Å². The first-order valence-corrected chi connectivity index (χ1v) is 11.5. The quantitative estimate of drug-likeness (QED) is 0.605. The summed E-state index contributed by atoms with van der Waals surface area (Å²) in [6, 6.07) is 10.2. The molecular weight excluding hydrogens is 429 g/mol. The van der Waals surface area contributed by atoms with Gasteiger partial charge in [-0.25, -0.2) is 8.42 Å². The molecule has 4 rings (SSSR count). The molecule has 0 amide bonds. The predicted molar refractivity (Wildman–Crippen MR) is 110 cm³/mol. The fourth-order valence-electron chi connectivity index (χ4n) is 4.06. The molecule has 3 heterocycles. The minimum Gasteiger partial charge on any atom is -0.267 e. The van der Waals surface area contributed by atoms with Gasteiger partial charge in [0.1, 0.15) is 0 Å². The van der Waals surface area contributed by atoms with Crippen LogP contribution in [-0.2, 0) is 16.2 Å². The number of benzene rings is 1. The average molecular weight is 450 g/mol. The summed E-state index contributed by atoms with van der Waals surface area (Å²) in [5.41, 5.74) is 1.61. The Balaban J connectivity index is 1.77. The lowest BCUT2D eigenvalue weighted by molar-refractivity contribution is -0.138. The topological polar surface area (TPSA) is 68.1 Å². The average Bonchev–Trinajstić information content (AvgIpc) is 3.34. The van der Waals surface area contributed by atoms with E-state index in [1.54, 1.807) is 35.3 Å². The Labute approximate surface area is 178 Å². The number of rotatable bonds is 4. The predicted octanol–water partition coefficient (Wildman–Crippen LogP) is 3.87. The van der Waals surface area contributed by atoms with E-state index in [0.29, 0.717) is 5.69 Å². The van der Waals surface area contributed by atoms with E-state index in [1.165, 1.54) is 16.4 Å². The summed E-state index contributed by atoms with van der Waals surface area (Å²) < 4.78 is 68.2. The highest BCUT2D eigenvalue weighted by molar-refractivity contribution is 7.88. The molecule has 2 atom stereocenters. The molecule has 0 N–H and O–H groups in total. The van der Waals surface area contributed by atoms with E-state index in [1.807, 2.05) is 13.0 Å². The van der Waals surface area contributed by atoms with Gasteiger partial charge in [0, 0.05) is 42.7 Å². The third-order valence-electron chi connectivity index (χ3n) is 5.53. The molecule has 0 spiro atoms. The maximum Gasteiger partial charge on any atom is 0.416 e. The lowest BCUT2D eigenvalue weighted by Gasteiger charge is -2.23. The fourth-order valence-corrected chi connectivity index (χ4v) is 4.91. The molecule has 1 aliphatic heterocycles. The smallest absolute Gasteiger partial charge is 0.267 e. The minimum absolute atomic E-state index is 0.0415. The van der Waals surface area contributed by atoms with Crippen molar-refractivity contribution in [1.82, 2.24) is 19.1 Å². The number of aryl methyl sites for hydroxylation is 1. The van der Waals surface area contributed by atoms with Crippen molar-refractivity contribution >= 4 is 10.0 Å². The highest BCUT2D eigenvalue weighted by atomic mass is 32.2. The number of hydrogen-bond donors (Lipinski definition) is 0. The van der Waals surface area contributed by atoms with E-state index in [0.717, 1.165) is 23.6 Å². The Bertz CT molecular complexity index is 1210. The summed E-state index contributed by atoms with van der Waals surface area (Å²) >= 11 is 0. The lowest BCUT2D eigenvalue weighted by atomic mass is 9.90. The molecule has 0 bridgehead atoms. The molecule has 0 unspecified atom stereocenters. The third kappa shape index (κ3) is 4.35. The zero-order valence-electron chi connectivity index (χ0n) is 16.9. The number of nitrogens with zero attached hydrogens (tertiary/aromatic N) is 4. The van der Waals surface area contributed by atoms with Crippen molar-refractivity contribution in [3.8, 4) is 11.3 Å². The minimum atomic E-state index is -4.54. The van der Waals surface area contributed by atoms with Crippen molar-refractivity contribution in [2.45, 2.75) is 25.1 Å². The zero-order valence-corrected chi connectivity index (χ0v) is 17.7. The van der Waals surface area contributed by atoms with E-state index in [9.17, 15) is 21.6 Å². The maximum atomic E-state index is 13.7. The van der Waals surface area contributed by atoms with Gasteiger partial charge in [-0.2, -0.15) is 22.6 Å². The van der Waals surface area contributed by atoms with Gasteiger partial charge in [0.2, 0.25) is 10.0 Å². The van der Waals surface area contributed by atoms with Gasteiger partial charge < -0.3 is 0 Å². The van der Waals surface area contributed by atoms with Crippen molar-refractivity contribution in [2.24, 2.45) is 0 Å². The van der Waals surface area contributed by atoms with Gasteiger partial charge in [0.15, 0.2) is 0 Å². The molecule has 0 saturated carbocycles. The SMILES string of the molecule is Cc1cc(-c2ccn([C@H]3CN(S(C)(=O)=O)C[C@@H]3c3ccccc3C(F)(F)F)n2)ccn1. The number of halogens is 3. The van der Waals surface area contributed by atoms with Crippen molar-refractivity contribution < 1.29 is 21.6 Å². The highest BCUT2D eigenvalue weighted by Crippen LogP contribution is 2.43. The fraction of sp³-hybridized carbons (Fsp3) is 0.333. The van der Waals surface area contributed by atoms with Crippen LogP contribution in [0.1, 0.15) is 28.8 Å². The molecule has 1 aliphatic rings. The Morgan fingerprint density at radius 1 is 1.10 bits per heavy atom. The summed E-state index contributed by atoms with van der Waals surface area (Å²) in [6.07, 6.45) is -0.127. The van der Waals surface area contributed by atoms with Crippen LogP contribution in [0, 0.1) is 6.92 Å². The van der Waals surface area contributed by atoms with Gasteiger partial charge in [0.05, 0.1) is 23.6 Å². The number of alkyl halides is 3. The van der Waals surface area contributed by atoms with Crippen LogP contribution in [0.5, 0.6) is 0 Å². The van der Waals surface area contributed by atoms with E-state index in [4.69, 9.17) is 0 Å². The van der Waals surface area contributed by atoms with Gasteiger partial charge in [-0.3, -0.25) is 9.67 Å². The molecule has 0 aliphatic carbocycles. The van der Waals surface area contributed by atoms with Crippen LogP contribution in [0.25, 0.3) is 11.3 Å². The molecule has 31 heavy (non-hydrogen) atoms. The normalized spacial score (nSPS) is 20.3. The largest absolute Gasteiger partial charge is 0.416 e. The summed E-state index contributed by atoms with van der Waals surface area (Å²) in [7, 11) is -3.58.